The van der Waals surface area contributed by atoms with Crippen molar-refractivity contribution in [2.45, 2.75) is 13.3 Å². The molecule has 0 saturated heterocycles. The fourth-order valence-corrected chi connectivity index (χ4v) is 2.32. The van der Waals surface area contributed by atoms with Gasteiger partial charge in [0.2, 0.25) is 0 Å². The third-order valence-corrected chi connectivity index (χ3v) is 3.15. The Kier molecular flexibility index (Phi) is 2.46. The standard InChI is InChI=1S/C12H12S/c1-2-10-8-12(13-9-10)11-6-4-3-5-7-11/h3-9H,2H2,1H3. The summed E-state index contributed by atoms with van der Waals surface area (Å²) in [4.78, 5) is 1.37. The molecule has 0 bridgehead atoms. The lowest BCUT2D eigenvalue weighted by molar-refractivity contribution is 1.16. The molecule has 2 aromatic rings. The molecule has 0 aliphatic heterocycles. The summed E-state index contributed by atoms with van der Waals surface area (Å²) in [6, 6.07) is 12.8. The zero-order valence-corrected chi connectivity index (χ0v) is 8.47. The summed E-state index contributed by atoms with van der Waals surface area (Å²) in [5, 5.41) is 2.24. The molecule has 0 amide bonds. The minimum Gasteiger partial charge on any atom is -0.144 e. The van der Waals surface area contributed by atoms with Crippen LogP contribution in [0.3, 0.4) is 0 Å². The van der Waals surface area contributed by atoms with Crippen molar-refractivity contribution < 1.29 is 0 Å². The van der Waals surface area contributed by atoms with E-state index >= 15 is 0 Å². The largest absolute Gasteiger partial charge is 0.144 e. The van der Waals surface area contributed by atoms with Crippen LogP contribution in [0.2, 0.25) is 0 Å². The lowest BCUT2D eigenvalue weighted by Crippen LogP contribution is -1.71. The Morgan fingerprint density at radius 1 is 1.15 bits per heavy atom. The van der Waals surface area contributed by atoms with Crippen molar-refractivity contribution in [1.82, 2.24) is 0 Å². The molecule has 13 heavy (non-hydrogen) atoms. The first-order chi connectivity index (χ1) is 6.40. The van der Waals surface area contributed by atoms with E-state index in [0.717, 1.165) is 6.42 Å². The minimum atomic E-state index is 1.13. The molecule has 0 atom stereocenters. The van der Waals surface area contributed by atoms with Gasteiger partial charge in [-0.1, -0.05) is 37.3 Å². The highest BCUT2D eigenvalue weighted by atomic mass is 32.1. The maximum absolute atomic E-state index is 2.28. The van der Waals surface area contributed by atoms with Gasteiger partial charge < -0.3 is 0 Å². The molecule has 1 aromatic carbocycles. The van der Waals surface area contributed by atoms with Crippen molar-refractivity contribution in [2.75, 3.05) is 0 Å². The third kappa shape index (κ3) is 1.81. The van der Waals surface area contributed by atoms with Gasteiger partial charge in [0.25, 0.3) is 0 Å². The second-order valence-electron chi connectivity index (χ2n) is 3.04. The molecular formula is C12H12S. The minimum absolute atomic E-state index is 1.13. The quantitative estimate of drug-likeness (QED) is 0.668. The molecule has 0 aliphatic carbocycles. The normalized spacial score (nSPS) is 10.2. The number of aryl methyl sites for hydroxylation is 1. The van der Waals surface area contributed by atoms with Crippen LogP contribution in [-0.2, 0) is 6.42 Å². The van der Waals surface area contributed by atoms with Crippen LogP contribution in [0, 0.1) is 0 Å². The van der Waals surface area contributed by atoms with Crippen molar-refractivity contribution in [2.24, 2.45) is 0 Å². The van der Waals surface area contributed by atoms with E-state index in [1.807, 2.05) is 11.3 Å². The first kappa shape index (κ1) is 8.52. The van der Waals surface area contributed by atoms with E-state index < -0.39 is 0 Å². The first-order valence-electron chi connectivity index (χ1n) is 4.53. The average molecular weight is 188 g/mol. The number of thiophene rings is 1. The van der Waals surface area contributed by atoms with E-state index in [1.165, 1.54) is 16.0 Å². The van der Waals surface area contributed by atoms with Gasteiger partial charge in [-0.2, -0.15) is 0 Å². The summed E-state index contributed by atoms with van der Waals surface area (Å²) >= 11 is 1.83. The van der Waals surface area contributed by atoms with Crippen LogP contribution in [0.15, 0.2) is 41.8 Å². The molecule has 0 saturated carbocycles. The summed E-state index contributed by atoms with van der Waals surface area (Å²) < 4.78 is 0. The van der Waals surface area contributed by atoms with Gasteiger partial charge in [-0.15, -0.1) is 11.3 Å². The number of rotatable bonds is 2. The maximum atomic E-state index is 2.28. The Bertz CT molecular complexity index is 373. The lowest BCUT2D eigenvalue weighted by Gasteiger charge is -1.94. The van der Waals surface area contributed by atoms with Gasteiger partial charge in [0.1, 0.15) is 0 Å². The van der Waals surface area contributed by atoms with Gasteiger partial charge >= 0.3 is 0 Å². The molecule has 66 valence electrons. The second kappa shape index (κ2) is 3.75. The van der Waals surface area contributed by atoms with Gasteiger partial charge in [0, 0.05) is 4.88 Å². The van der Waals surface area contributed by atoms with Crippen molar-refractivity contribution in [1.29, 1.82) is 0 Å². The molecule has 0 unspecified atom stereocenters. The third-order valence-electron chi connectivity index (χ3n) is 2.12. The summed E-state index contributed by atoms with van der Waals surface area (Å²) in [6.45, 7) is 2.19. The van der Waals surface area contributed by atoms with E-state index in [4.69, 9.17) is 0 Å². The van der Waals surface area contributed by atoms with Crippen molar-refractivity contribution in [3.8, 4) is 10.4 Å². The Labute approximate surface area is 82.9 Å². The van der Waals surface area contributed by atoms with Crippen molar-refractivity contribution in [3.05, 3.63) is 47.3 Å². The van der Waals surface area contributed by atoms with Gasteiger partial charge in [-0.25, -0.2) is 0 Å². The van der Waals surface area contributed by atoms with E-state index in [1.54, 1.807) is 0 Å². The Hall–Kier alpha value is -1.08. The van der Waals surface area contributed by atoms with Gasteiger partial charge in [0.15, 0.2) is 0 Å². The first-order valence-corrected chi connectivity index (χ1v) is 5.41. The van der Waals surface area contributed by atoms with Crippen molar-refractivity contribution in [3.63, 3.8) is 0 Å². The highest BCUT2D eigenvalue weighted by molar-refractivity contribution is 7.13. The fourth-order valence-electron chi connectivity index (χ4n) is 1.31. The summed E-state index contributed by atoms with van der Waals surface area (Å²) in [5.74, 6) is 0. The molecule has 2 rings (SSSR count). The van der Waals surface area contributed by atoms with E-state index in [-0.39, 0.29) is 0 Å². The molecule has 0 spiro atoms. The number of benzene rings is 1. The summed E-state index contributed by atoms with van der Waals surface area (Å²) in [6.07, 6.45) is 1.13. The van der Waals surface area contributed by atoms with E-state index in [0.29, 0.717) is 0 Å². The summed E-state index contributed by atoms with van der Waals surface area (Å²) in [5.41, 5.74) is 2.76. The highest BCUT2D eigenvalue weighted by Crippen LogP contribution is 2.26. The Morgan fingerprint density at radius 3 is 2.54 bits per heavy atom. The molecule has 1 heterocycles. The van der Waals surface area contributed by atoms with Gasteiger partial charge in [-0.05, 0) is 29.0 Å². The van der Waals surface area contributed by atoms with Crippen LogP contribution in [0.1, 0.15) is 12.5 Å². The maximum Gasteiger partial charge on any atom is 0.0345 e. The second-order valence-corrected chi connectivity index (χ2v) is 3.95. The predicted octanol–water partition coefficient (Wildman–Crippen LogP) is 3.98. The molecule has 0 aliphatic rings. The van der Waals surface area contributed by atoms with Crippen LogP contribution >= 0.6 is 11.3 Å². The Balaban J connectivity index is 2.36. The monoisotopic (exact) mass is 188 g/mol. The molecule has 0 fully saturated rings. The van der Waals surface area contributed by atoms with E-state index in [9.17, 15) is 0 Å². The predicted molar refractivity (Wildman–Crippen MR) is 59.1 cm³/mol. The average Bonchev–Trinajstić information content (AvgIpc) is 2.67. The zero-order valence-electron chi connectivity index (χ0n) is 7.66. The number of hydrogen-bond donors (Lipinski definition) is 0. The van der Waals surface area contributed by atoms with Crippen molar-refractivity contribution >= 4 is 11.3 Å². The number of hydrogen-bond acceptors (Lipinski definition) is 1. The molecule has 1 heteroatoms. The molecule has 0 nitrogen and oxygen atoms in total. The zero-order chi connectivity index (χ0) is 9.10. The van der Waals surface area contributed by atoms with Gasteiger partial charge in [0.05, 0.1) is 0 Å². The molecular weight excluding hydrogens is 176 g/mol. The summed E-state index contributed by atoms with van der Waals surface area (Å²) in [7, 11) is 0. The van der Waals surface area contributed by atoms with Crippen LogP contribution in [0.5, 0.6) is 0 Å². The smallest absolute Gasteiger partial charge is 0.0345 e. The molecule has 1 aromatic heterocycles. The van der Waals surface area contributed by atoms with Crippen LogP contribution in [0.25, 0.3) is 10.4 Å². The van der Waals surface area contributed by atoms with Crippen LogP contribution in [-0.4, -0.2) is 0 Å². The van der Waals surface area contributed by atoms with Crippen LogP contribution in [0.4, 0.5) is 0 Å². The molecule has 0 N–H and O–H groups in total. The topological polar surface area (TPSA) is 0 Å². The fraction of sp³-hybridized carbons (Fsp3) is 0.167. The molecule has 0 radical (unpaired) electrons. The Morgan fingerprint density at radius 2 is 1.92 bits per heavy atom. The van der Waals surface area contributed by atoms with Crippen LogP contribution < -0.4 is 0 Å². The van der Waals surface area contributed by atoms with Gasteiger partial charge in [-0.3, -0.25) is 0 Å². The highest BCUT2D eigenvalue weighted by Gasteiger charge is 1.99. The lowest BCUT2D eigenvalue weighted by atomic mass is 10.1. The SMILES string of the molecule is CCc1csc(-c2ccccc2)c1. The van der Waals surface area contributed by atoms with E-state index in [2.05, 4.69) is 48.7 Å².